The molecule has 0 saturated heterocycles. The standard InChI is InChI=1S/C26H23N3O3/c1-15-10-18(13-27)11-22-20(15)12-23(29(22)19-8-6-5-7-9-19)25(30)24-16(2)21(26(31)32-4)14-28-17(24)3/h5-12,14,25,30H,1-4H3. The third kappa shape index (κ3) is 3.43. The summed E-state index contributed by atoms with van der Waals surface area (Å²) in [6.07, 6.45) is 0.424. The number of methoxy groups -OCH3 is 1. The minimum absolute atomic E-state index is 0.317. The Morgan fingerprint density at radius 1 is 1.16 bits per heavy atom. The number of aromatic nitrogens is 2. The van der Waals surface area contributed by atoms with Crippen LogP contribution >= 0.6 is 0 Å². The van der Waals surface area contributed by atoms with Crippen LogP contribution in [-0.2, 0) is 4.74 Å². The predicted octanol–water partition coefficient (Wildman–Crippen LogP) is 4.69. The van der Waals surface area contributed by atoms with Crippen LogP contribution < -0.4 is 0 Å². The van der Waals surface area contributed by atoms with Gasteiger partial charge in [-0.25, -0.2) is 4.79 Å². The highest BCUT2D eigenvalue weighted by Gasteiger charge is 2.26. The van der Waals surface area contributed by atoms with E-state index >= 15 is 0 Å². The van der Waals surface area contributed by atoms with E-state index < -0.39 is 12.1 Å². The number of esters is 1. The van der Waals surface area contributed by atoms with Gasteiger partial charge >= 0.3 is 5.97 Å². The van der Waals surface area contributed by atoms with Crippen LogP contribution in [0.5, 0.6) is 0 Å². The minimum Gasteiger partial charge on any atom is -0.465 e. The smallest absolute Gasteiger partial charge is 0.339 e. The van der Waals surface area contributed by atoms with Crippen LogP contribution in [0.15, 0.2) is 54.7 Å². The predicted molar refractivity (Wildman–Crippen MR) is 122 cm³/mol. The Balaban J connectivity index is 2.03. The number of carbonyl (C=O) groups excluding carboxylic acids is 1. The van der Waals surface area contributed by atoms with Crippen molar-refractivity contribution in [2.75, 3.05) is 7.11 Å². The quantitative estimate of drug-likeness (QED) is 0.479. The average Bonchev–Trinajstić information content (AvgIpc) is 3.19. The number of aliphatic hydroxyl groups is 1. The van der Waals surface area contributed by atoms with Crippen molar-refractivity contribution in [1.29, 1.82) is 5.26 Å². The fourth-order valence-corrected chi connectivity index (χ4v) is 4.25. The van der Waals surface area contributed by atoms with E-state index in [4.69, 9.17) is 4.74 Å². The van der Waals surface area contributed by atoms with Gasteiger partial charge in [0, 0.05) is 28.5 Å². The Morgan fingerprint density at radius 2 is 1.88 bits per heavy atom. The number of pyridine rings is 1. The molecule has 0 spiro atoms. The number of aliphatic hydroxyl groups excluding tert-OH is 1. The zero-order chi connectivity index (χ0) is 23.0. The number of hydrogen-bond acceptors (Lipinski definition) is 5. The molecule has 160 valence electrons. The number of para-hydroxylation sites is 1. The molecule has 2 aromatic carbocycles. The maximum atomic E-state index is 12.2. The Kier molecular flexibility index (Phi) is 5.52. The van der Waals surface area contributed by atoms with Gasteiger partial charge < -0.3 is 14.4 Å². The molecular weight excluding hydrogens is 402 g/mol. The van der Waals surface area contributed by atoms with Crippen molar-refractivity contribution in [2.45, 2.75) is 26.9 Å². The van der Waals surface area contributed by atoms with Gasteiger partial charge in [0.25, 0.3) is 0 Å². The van der Waals surface area contributed by atoms with Crippen molar-refractivity contribution in [1.82, 2.24) is 9.55 Å². The monoisotopic (exact) mass is 425 g/mol. The van der Waals surface area contributed by atoms with Crippen LogP contribution in [0.2, 0.25) is 0 Å². The molecule has 1 atom stereocenters. The van der Waals surface area contributed by atoms with Crippen molar-refractivity contribution >= 4 is 16.9 Å². The van der Waals surface area contributed by atoms with Gasteiger partial charge in [-0.1, -0.05) is 18.2 Å². The highest BCUT2D eigenvalue weighted by molar-refractivity contribution is 5.91. The van der Waals surface area contributed by atoms with Crippen LogP contribution in [0.1, 0.15) is 50.1 Å². The summed E-state index contributed by atoms with van der Waals surface area (Å²) in [6, 6.07) is 17.5. The van der Waals surface area contributed by atoms with Crippen molar-refractivity contribution in [2.24, 2.45) is 0 Å². The molecule has 1 N–H and O–H groups in total. The maximum absolute atomic E-state index is 12.2. The van der Waals surface area contributed by atoms with E-state index in [0.29, 0.717) is 33.6 Å². The van der Waals surface area contributed by atoms with Crippen LogP contribution in [0.4, 0.5) is 0 Å². The third-order valence-corrected chi connectivity index (χ3v) is 5.84. The minimum atomic E-state index is -1.05. The summed E-state index contributed by atoms with van der Waals surface area (Å²) in [4.78, 5) is 16.6. The topological polar surface area (TPSA) is 88.1 Å². The highest BCUT2D eigenvalue weighted by Crippen LogP contribution is 2.36. The number of hydrogen-bond donors (Lipinski definition) is 1. The van der Waals surface area contributed by atoms with Crippen LogP contribution in [0.25, 0.3) is 16.6 Å². The zero-order valence-corrected chi connectivity index (χ0v) is 18.4. The Bertz CT molecular complexity index is 1380. The first kappa shape index (κ1) is 21.3. The van der Waals surface area contributed by atoms with E-state index in [2.05, 4.69) is 11.1 Å². The first-order valence-electron chi connectivity index (χ1n) is 10.2. The number of carbonyl (C=O) groups is 1. The lowest BCUT2D eigenvalue weighted by molar-refractivity contribution is 0.0599. The molecule has 4 rings (SSSR count). The molecule has 0 aliphatic rings. The number of benzene rings is 2. The van der Waals surface area contributed by atoms with E-state index in [1.165, 1.54) is 13.3 Å². The van der Waals surface area contributed by atoms with Gasteiger partial charge in [0.1, 0.15) is 6.10 Å². The lowest BCUT2D eigenvalue weighted by atomic mass is 9.96. The highest BCUT2D eigenvalue weighted by atomic mass is 16.5. The summed E-state index contributed by atoms with van der Waals surface area (Å²) in [5.74, 6) is -0.499. The number of fused-ring (bicyclic) bond motifs is 1. The number of ether oxygens (including phenoxy) is 1. The molecule has 4 aromatic rings. The average molecular weight is 425 g/mol. The fraction of sp³-hybridized carbons (Fsp3) is 0.192. The van der Waals surface area contributed by atoms with E-state index in [1.807, 2.05) is 60.0 Å². The molecule has 0 bridgehead atoms. The first-order chi connectivity index (χ1) is 15.4. The Morgan fingerprint density at radius 3 is 2.53 bits per heavy atom. The van der Waals surface area contributed by atoms with Crippen LogP contribution in [-0.4, -0.2) is 27.7 Å². The van der Waals surface area contributed by atoms with Crippen molar-refractivity contribution in [3.8, 4) is 11.8 Å². The first-order valence-corrected chi connectivity index (χ1v) is 10.2. The molecule has 2 aromatic heterocycles. The van der Waals surface area contributed by atoms with E-state index in [-0.39, 0.29) is 0 Å². The molecule has 0 saturated carbocycles. The van der Waals surface area contributed by atoms with E-state index in [0.717, 1.165) is 22.2 Å². The second-order valence-corrected chi connectivity index (χ2v) is 7.77. The van der Waals surface area contributed by atoms with Gasteiger partial charge in [-0.2, -0.15) is 5.26 Å². The number of nitriles is 1. The second-order valence-electron chi connectivity index (χ2n) is 7.77. The number of rotatable bonds is 4. The molecule has 0 amide bonds. The molecule has 0 aliphatic heterocycles. The maximum Gasteiger partial charge on any atom is 0.339 e. The Hall–Kier alpha value is -3.95. The number of aryl methyl sites for hydroxylation is 2. The summed E-state index contributed by atoms with van der Waals surface area (Å²) in [5.41, 5.74) is 5.93. The molecule has 0 fully saturated rings. The van der Waals surface area contributed by atoms with E-state index in [1.54, 1.807) is 13.8 Å². The molecule has 0 aliphatic carbocycles. The summed E-state index contributed by atoms with van der Waals surface area (Å²) in [5, 5.41) is 22.0. The van der Waals surface area contributed by atoms with Crippen molar-refractivity contribution in [3.05, 3.63) is 93.9 Å². The molecule has 32 heavy (non-hydrogen) atoms. The molecule has 6 nitrogen and oxygen atoms in total. The van der Waals surface area contributed by atoms with Crippen LogP contribution in [0.3, 0.4) is 0 Å². The largest absolute Gasteiger partial charge is 0.465 e. The van der Waals surface area contributed by atoms with Gasteiger partial charge in [-0.3, -0.25) is 4.98 Å². The lowest BCUT2D eigenvalue weighted by Crippen LogP contribution is -2.14. The van der Waals surface area contributed by atoms with Gasteiger partial charge in [-0.05, 0) is 62.2 Å². The van der Waals surface area contributed by atoms with Crippen molar-refractivity contribution in [3.63, 3.8) is 0 Å². The summed E-state index contributed by atoms with van der Waals surface area (Å²) < 4.78 is 6.84. The zero-order valence-electron chi connectivity index (χ0n) is 18.4. The molecule has 6 heteroatoms. The molecule has 0 radical (unpaired) electrons. The third-order valence-electron chi connectivity index (χ3n) is 5.84. The van der Waals surface area contributed by atoms with Crippen molar-refractivity contribution < 1.29 is 14.6 Å². The van der Waals surface area contributed by atoms with Gasteiger partial charge in [0.05, 0.1) is 35.5 Å². The molecular formula is C26H23N3O3. The Labute approximate surface area is 186 Å². The lowest BCUT2D eigenvalue weighted by Gasteiger charge is -2.20. The number of nitrogens with zero attached hydrogens (tertiary/aromatic N) is 3. The van der Waals surface area contributed by atoms with Gasteiger partial charge in [-0.15, -0.1) is 0 Å². The summed E-state index contributed by atoms with van der Waals surface area (Å²) >= 11 is 0. The SMILES string of the molecule is COC(=O)c1cnc(C)c(C(O)c2cc3c(C)cc(C#N)cc3n2-c2ccccc2)c1C. The van der Waals surface area contributed by atoms with E-state index in [9.17, 15) is 15.2 Å². The van der Waals surface area contributed by atoms with Crippen LogP contribution in [0, 0.1) is 32.1 Å². The molecule has 1 unspecified atom stereocenters. The molecule has 2 heterocycles. The van der Waals surface area contributed by atoms with Gasteiger partial charge in [0.2, 0.25) is 0 Å². The fourth-order valence-electron chi connectivity index (χ4n) is 4.25. The summed E-state index contributed by atoms with van der Waals surface area (Å²) in [7, 11) is 1.32. The van der Waals surface area contributed by atoms with Gasteiger partial charge in [0.15, 0.2) is 0 Å². The summed E-state index contributed by atoms with van der Waals surface area (Å²) in [6.45, 7) is 5.54. The normalized spacial score (nSPS) is 11.9. The second kappa shape index (κ2) is 8.29.